The van der Waals surface area contributed by atoms with Crippen LogP contribution in [-0.2, 0) is 4.79 Å². The van der Waals surface area contributed by atoms with E-state index in [1.807, 2.05) is 6.07 Å². The number of aliphatic carboxylic acids is 1. The zero-order valence-corrected chi connectivity index (χ0v) is 11.0. The Hall–Kier alpha value is -1.60. The van der Waals surface area contributed by atoms with Gasteiger partial charge in [0.25, 0.3) is 0 Å². The largest absolute Gasteiger partial charge is 0.479 e. The molecule has 7 heteroatoms. The lowest BCUT2D eigenvalue weighted by Gasteiger charge is -2.09. The fourth-order valence-electron chi connectivity index (χ4n) is 1.17. The van der Waals surface area contributed by atoms with Crippen molar-refractivity contribution in [1.82, 2.24) is 5.32 Å². The van der Waals surface area contributed by atoms with Crippen molar-refractivity contribution in [1.29, 1.82) is 0 Å². The highest BCUT2D eigenvalue weighted by atomic mass is 79.9. The van der Waals surface area contributed by atoms with Crippen LogP contribution in [-0.4, -0.2) is 34.9 Å². The van der Waals surface area contributed by atoms with Crippen molar-refractivity contribution in [2.75, 3.05) is 11.9 Å². The summed E-state index contributed by atoms with van der Waals surface area (Å²) in [5, 5.41) is 22.5. The lowest BCUT2D eigenvalue weighted by Crippen LogP contribution is -2.33. The van der Waals surface area contributed by atoms with Gasteiger partial charge in [0.05, 0.1) is 5.69 Å². The maximum absolute atomic E-state index is 11.4. The lowest BCUT2D eigenvalue weighted by atomic mass is 10.2. The van der Waals surface area contributed by atoms with Gasteiger partial charge in [0.2, 0.25) is 0 Å². The zero-order valence-electron chi connectivity index (χ0n) is 9.39. The van der Waals surface area contributed by atoms with Crippen LogP contribution in [0.1, 0.15) is 6.42 Å². The van der Waals surface area contributed by atoms with E-state index in [0.717, 1.165) is 4.47 Å². The zero-order chi connectivity index (χ0) is 13.5. The highest BCUT2D eigenvalue weighted by molar-refractivity contribution is 9.10. The molecule has 1 aromatic carbocycles. The Labute approximate surface area is 112 Å². The Morgan fingerprint density at radius 2 is 2.00 bits per heavy atom. The molecule has 4 N–H and O–H groups in total. The van der Waals surface area contributed by atoms with Crippen molar-refractivity contribution in [3.63, 3.8) is 0 Å². The van der Waals surface area contributed by atoms with Gasteiger partial charge in [-0.05, 0) is 28.1 Å². The molecule has 1 aromatic rings. The minimum Gasteiger partial charge on any atom is -0.479 e. The first kappa shape index (κ1) is 14.5. The SMILES string of the molecule is O=C(NCC[C@H](O)C(=O)O)Nc1ccccc1Br. The molecule has 18 heavy (non-hydrogen) atoms. The maximum atomic E-state index is 11.4. The van der Waals surface area contributed by atoms with Gasteiger partial charge in [-0.2, -0.15) is 0 Å². The molecule has 0 saturated carbocycles. The number of benzene rings is 1. The molecule has 0 unspecified atom stereocenters. The first-order chi connectivity index (χ1) is 8.50. The molecular weight excluding hydrogens is 304 g/mol. The molecule has 0 spiro atoms. The number of aliphatic hydroxyl groups is 1. The molecule has 0 aromatic heterocycles. The smallest absolute Gasteiger partial charge is 0.332 e. The predicted molar refractivity (Wildman–Crippen MR) is 69.4 cm³/mol. The molecule has 0 heterocycles. The number of carbonyl (C=O) groups is 2. The van der Waals surface area contributed by atoms with Crippen LogP contribution < -0.4 is 10.6 Å². The fourth-order valence-corrected chi connectivity index (χ4v) is 1.56. The van der Waals surface area contributed by atoms with E-state index in [1.165, 1.54) is 0 Å². The predicted octanol–water partition coefficient (Wildman–Crippen LogP) is 1.41. The number of nitrogens with one attached hydrogen (secondary N) is 2. The van der Waals surface area contributed by atoms with Gasteiger partial charge >= 0.3 is 12.0 Å². The van der Waals surface area contributed by atoms with E-state index in [9.17, 15) is 9.59 Å². The second-order valence-electron chi connectivity index (χ2n) is 3.50. The monoisotopic (exact) mass is 316 g/mol. The van der Waals surface area contributed by atoms with E-state index < -0.39 is 18.1 Å². The van der Waals surface area contributed by atoms with E-state index in [-0.39, 0.29) is 13.0 Å². The third-order valence-corrected chi connectivity index (χ3v) is 2.80. The first-order valence-corrected chi connectivity index (χ1v) is 6.00. The fraction of sp³-hybridized carbons (Fsp3) is 0.273. The molecule has 2 amide bonds. The Morgan fingerprint density at radius 3 is 2.61 bits per heavy atom. The van der Waals surface area contributed by atoms with Gasteiger partial charge in [-0.3, -0.25) is 0 Å². The van der Waals surface area contributed by atoms with E-state index in [1.54, 1.807) is 18.2 Å². The quantitative estimate of drug-likeness (QED) is 0.660. The molecule has 0 fully saturated rings. The molecule has 1 rings (SSSR count). The summed E-state index contributed by atoms with van der Waals surface area (Å²) in [5.74, 6) is -1.30. The molecule has 6 nitrogen and oxygen atoms in total. The van der Waals surface area contributed by atoms with Gasteiger partial charge in [-0.25, -0.2) is 9.59 Å². The van der Waals surface area contributed by atoms with Crippen molar-refractivity contribution < 1.29 is 19.8 Å². The summed E-state index contributed by atoms with van der Waals surface area (Å²) in [7, 11) is 0. The molecule has 0 bridgehead atoms. The second-order valence-corrected chi connectivity index (χ2v) is 4.36. The van der Waals surface area contributed by atoms with Crippen molar-refractivity contribution in [3.8, 4) is 0 Å². The molecule has 0 aliphatic heterocycles. The summed E-state index contributed by atoms with van der Waals surface area (Å²) >= 11 is 3.28. The van der Waals surface area contributed by atoms with Crippen molar-refractivity contribution >= 4 is 33.6 Å². The molecular formula is C11H13BrN2O4. The third kappa shape index (κ3) is 4.72. The van der Waals surface area contributed by atoms with E-state index >= 15 is 0 Å². The van der Waals surface area contributed by atoms with E-state index in [4.69, 9.17) is 10.2 Å². The molecule has 0 aliphatic rings. The summed E-state index contributed by atoms with van der Waals surface area (Å²) in [6.45, 7) is 0.0732. The van der Waals surface area contributed by atoms with E-state index in [2.05, 4.69) is 26.6 Å². The minimum atomic E-state index is -1.46. The molecule has 1 atom stereocenters. The van der Waals surface area contributed by atoms with Gasteiger partial charge in [-0.15, -0.1) is 0 Å². The number of hydrogen-bond donors (Lipinski definition) is 4. The summed E-state index contributed by atoms with van der Waals surface area (Å²) in [6, 6.07) is 6.63. The third-order valence-electron chi connectivity index (χ3n) is 2.11. The number of para-hydroxylation sites is 1. The van der Waals surface area contributed by atoms with Crippen LogP contribution >= 0.6 is 15.9 Å². The summed E-state index contributed by atoms with van der Waals surface area (Å²) in [4.78, 5) is 21.8. The van der Waals surface area contributed by atoms with Gasteiger partial charge in [0.1, 0.15) is 0 Å². The van der Waals surface area contributed by atoms with Crippen LogP contribution in [0, 0.1) is 0 Å². The maximum Gasteiger partial charge on any atom is 0.332 e. The first-order valence-electron chi connectivity index (χ1n) is 5.21. The number of aliphatic hydroxyl groups excluding tert-OH is 1. The van der Waals surface area contributed by atoms with Crippen LogP contribution in [0.15, 0.2) is 28.7 Å². The van der Waals surface area contributed by atoms with Crippen LogP contribution in [0.5, 0.6) is 0 Å². The summed E-state index contributed by atoms with van der Waals surface area (Å²) < 4.78 is 0.741. The number of amides is 2. The molecule has 0 saturated heterocycles. The van der Waals surface area contributed by atoms with Gasteiger partial charge in [-0.1, -0.05) is 12.1 Å². The average Bonchev–Trinajstić information content (AvgIpc) is 2.32. The van der Waals surface area contributed by atoms with E-state index in [0.29, 0.717) is 5.69 Å². The highest BCUT2D eigenvalue weighted by Crippen LogP contribution is 2.20. The topological polar surface area (TPSA) is 98.7 Å². The number of carboxylic acids is 1. The molecule has 0 aliphatic carbocycles. The number of urea groups is 1. The summed E-state index contributed by atoms with van der Waals surface area (Å²) in [5.41, 5.74) is 0.605. The van der Waals surface area contributed by atoms with Gasteiger partial charge in [0.15, 0.2) is 6.10 Å². The normalized spacial score (nSPS) is 11.7. The number of hydrogen-bond acceptors (Lipinski definition) is 3. The van der Waals surface area contributed by atoms with Gasteiger partial charge in [0, 0.05) is 17.4 Å². The van der Waals surface area contributed by atoms with Crippen LogP contribution in [0.4, 0.5) is 10.5 Å². The number of carbonyl (C=O) groups excluding carboxylic acids is 1. The summed E-state index contributed by atoms with van der Waals surface area (Å²) in [6.07, 6.45) is -1.51. The highest BCUT2D eigenvalue weighted by Gasteiger charge is 2.12. The van der Waals surface area contributed by atoms with Gasteiger partial charge < -0.3 is 20.8 Å². The average molecular weight is 317 g/mol. The standard InChI is InChI=1S/C11H13BrN2O4/c12-7-3-1-2-4-8(7)14-11(18)13-6-5-9(15)10(16)17/h1-4,9,15H,5-6H2,(H,16,17)(H2,13,14,18)/t9-/m0/s1. The van der Waals surface area contributed by atoms with Crippen molar-refractivity contribution in [3.05, 3.63) is 28.7 Å². The number of rotatable bonds is 5. The minimum absolute atomic E-state index is 0.0429. The Balaban J connectivity index is 2.35. The lowest BCUT2D eigenvalue weighted by molar-refractivity contribution is -0.146. The van der Waals surface area contributed by atoms with Crippen molar-refractivity contribution in [2.24, 2.45) is 0 Å². The number of anilines is 1. The molecule has 0 radical (unpaired) electrons. The Kier molecular flexibility index (Phi) is 5.60. The van der Waals surface area contributed by atoms with Crippen LogP contribution in [0.25, 0.3) is 0 Å². The molecule has 98 valence electrons. The van der Waals surface area contributed by atoms with Crippen LogP contribution in [0.2, 0.25) is 0 Å². The Bertz CT molecular complexity index is 439. The second kappa shape index (κ2) is 6.97. The van der Waals surface area contributed by atoms with Crippen LogP contribution in [0.3, 0.4) is 0 Å². The number of halogens is 1. The number of carboxylic acid groups (broad SMARTS) is 1. The Morgan fingerprint density at radius 1 is 1.33 bits per heavy atom. The van der Waals surface area contributed by atoms with Crippen molar-refractivity contribution in [2.45, 2.75) is 12.5 Å².